The van der Waals surface area contributed by atoms with Gasteiger partial charge in [-0.15, -0.1) is 0 Å². The number of ether oxygens (including phenoxy) is 2. The molecule has 37 heavy (non-hydrogen) atoms. The molecule has 4 aromatic rings. The maximum absolute atomic E-state index is 5.94. The van der Waals surface area contributed by atoms with Crippen LogP contribution >= 0.6 is 0 Å². The molecule has 0 saturated carbocycles. The number of nitrogens with one attached hydrogen (secondary N) is 1. The van der Waals surface area contributed by atoms with Crippen molar-refractivity contribution < 1.29 is 9.47 Å². The average molecular weight is 499 g/mol. The Morgan fingerprint density at radius 3 is 2.19 bits per heavy atom. The maximum Gasteiger partial charge on any atom is 0.166 e. The Morgan fingerprint density at radius 1 is 0.838 bits per heavy atom. The first kappa shape index (κ1) is 24.8. The molecule has 0 spiro atoms. The minimum absolute atomic E-state index is 0.302. The second-order valence-electron chi connectivity index (χ2n) is 9.27. The standard InChI is InChI=1S/C29H34N6O2/c1-4-14-34-18-26-29(35(20-34)15-5-2)33-28(32-26)22-8-12-25(13-9-22)37-19-27-30-16-23(17-31-27)21-6-10-24(36-3)11-7-21/h6-13,16-17H,4-5,14-15,18-20H2,1-3H3,(H,32,33). The summed E-state index contributed by atoms with van der Waals surface area (Å²) in [6.45, 7) is 8.69. The van der Waals surface area contributed by atoms with E-state index in [4.69, 9.17) is 14.5 Å². The highest BCUT2D eigenvalue weighted by Gasteiger charge is 2.25. The van der Waals surface area contributed by atoms with Crippen molar-refractivity contribution in [3.63, 3.8) is 0 Å². The molecule has 3 heterocycles. The molecule has 0 unspecified atom stereocenters. The SMILES string of the molecule is CCCN1Cc2[nH]c(-c3ccc(OCc4ncc(-c5ccc(OC)cc5)cn4)cc3)nc2N(CCC)C1. The van der Waals surface area contributed by atoms with Crippen LogP contribution in [0.2, 0.25) is 0 Å². The molecule has 8 heteroatoms. The van der Waals surface area contributed by atoms with Gasteiger partial charge in [0.2, 0.25) is 0 Å². The van der Waals surface area contributed by atoms with Crippen molar-refractivity contribution in [2.75, 3.05) is 31.8 Å². The van der Waals surface area contributed by atoms with Gasteiger partial charge in [-0.25, -0.2) is 15.0 Å². The number of rotatable bonds is 10. The summed E-state index contributed by atoms with van der Waals surface area (Å²) in [5.74, 6) is 4.20. The highest BCUT2D eigenvalue weighted by atomic mass is 16.5. The second-order valence-corrected chi connectivity index (χ2v) is 9.27. The number of aromatic amines is 1. The Balaban J connectivity index is 1.22. The number of anilines is 1. The summed E-state index contributed by atoms with van der Waals surface area (Å²) >= 11 is 0. The Kier molecular flexibility index (Phi) is 7.65. The first-order valence-corrected chi connectivity index (χ1v) is 12.9. The Bertz CT molecular complexity index is 1290. The summed E-state index contributed by atoms with van der Waals surface area (Å²) in [5, 5.41) is 0. The van der Waals surface area contributed by atoms with Crippen LogP contribution in [0.4, 0.5) is 5.82 Å². The number of hydrogen-bond donors (Lipinski definition) is 1. The molecule has 2 aromatic carbocycles. The summed E-state index contributed by atoms with van der Waals surface area (Å²) in [7, 11) is 1.66. The zero-order valence-electron chi connectivity index (χ0n) is 21.8. The third-order valence-corrected chi connectivity index (χ3v) is 6.47. The minimum atomic E-state index is 0.302. The van der Waals surface area contributed by atoms with Gasteiger partial charge in [0.15, 0.2) is 11.6 Å². The van der Waals surface area contributed by atoms with E-state index in [1.54, 1.807) is 7.11 Å². The molecule has 0 amide bonds. The van der Waals surface area contributed by atoms with Crippen LogP contribution in [0.5, 0.6) is 11.5 Å². The smallest absolute Gasteiger partial charge is 0.166 e. The summed E-state index contributed by atoms with van der Waals surface area (Å²) in [4.78, 5) is 22.3. The molecule has 0 bridgehead atoms. The van der Waals surface area contributed by atoms with Gasteiger partial charge < -0.3 is 19.4 Å². The van der Waals surface area contributed by atoms with Crippen molar-refractivity contribution in [1.29, 1.82) is 0 Å². The van der Waals surface area contributed by atoms with Gasteiger partial charge >= 0.3 is 0 Å². The van der Waals surface area contributed by atoms with Crippen LogP contribution in [0.25, 0.3) is 22.5 Å². The molecule has 0 saturated heterocycles. The van der Waals surface area contributed by atoms with E-state index in [2.05, 4.69) is 38.6 Å². The van der Waals surface area contributed by atoms with E-state index in [9.17, 15) is 0 Å². The summed E-state index contributed by atoms with van der Waals surface area (Å²) in [6, 6.07) is 15.9. The third kappa shape index (κ3) is 5.75. The lowest BCUT2D eigenvalue weighted by molar-refractivity contribution is 0.248. The molecule has 0 aliphatic carbocycles. The van der Waals surface area contributed by atoms with Crippen molar-refractivity contribution in [2.24, 2.45) is 0 Å². The molecule has 2 aromatic heterocycles. The predicted molar refractivity (Wildman–Crippen MR) is 146 cm³/mol. The summed E-state index contributed by atoms with van der Waals surface area (Å²) in [6.07, 6.45) is 5.88. The Morgan fingerprint density at radius 2 is 1.51 bits per heavy atom. The molecule has 1 N–H and O–H groups in total. The third-order valence-electron chi connectivity index (χ3n) is 6.47. The van der Waals surface area contributed by atoms with Gasteiger partial charge in [0.1, 0.15) is 23.9 Å². The first-order chi connectivity index (χ1) is 18.2. The van der Waals surface area contributed by atoms with Crippen molar-refractivity contribution in [1.82, 2.24) is 24.8 Å². The van der Waals surface area contributed by atoms with Crippen LogP contribution in [0, 0.1) is 0 Å². The molecule has 0 atom stereocenters. The molecule has 1 aliphatic heterocycles. The lowest BCUT2D eigenvalue weighted by Crippen LogP contribution is -2.43. The number of imidazole rings is 1. The zero-order valence-corrected chi connectivity index (χ0v) is 21.8. The van der Waals surface area contributed by atoms with Crippen LogP contribution in [-0.2, 0) is 13.2 Å². The van der Waals surface area contributed by atoms with E-state index >= 15 is 0 Å². The first-order valence-electron chi connectivity index (χ1n) is 12.9. The fraction of sp³-hybridized carbons (Fsp3) is 0.345. The number of benzene rings is 2. The van der Waals surface area contributed by atoms with E-state index in [0.29, 0.717) is 12.4 Å². The normalized spacial score (nSPS) is 13.4. The fourth-order valence-electron chi connectivity index (χ4n) is 4.62. The number of methoxy groups -OCH3 is 1. The van der Waals surface area contributed by atoms with Crippen molar-refractivity contribution >= 4 is 5.82 Å². The van der Waals surface area contributed by atoms with E-state index in [-0.39, 0.29) is 0 Å². The van der Waals surface area contributed by atoms with Crippen molar-refractivity contribution in [3.05, 3.63) is 72.4 Å². The fourth-order valence-corrected chi connectivity index (χ4v) is 4.62. The van der Waals surface area contributed by atoms with Crippen molar-refractivity contribution in [2.45, 2.75) is 39.8 Å². The monoisotopic (exact) mass is 498 g/mol. The quantitative estimate of drug-likeness (QED) is 0.308. The number of H-pyrrole nitrogens is 1. The van der Waals surface area contributed by atoms with Crippen LogP contribution in [0.15, 0.2) is 60.9 Å². The second kappa shape index (κ2) is 11.4. The van der Waals surface area contributed by atoms with Gasteiger partial charge in [0, 0.05) is 36.6 Å². The molecule has 5 rings (SSSR count). The van der Waals surface area contributed by atoms with Gasteiger partial charge in [-0.05, 0) is 61.3 Å². The molecule has 0 radical (unpaired) electrons. The highest BCUT2D eigenvalue weighted by Crippen LogP contribution is 2.30. The number of fused-ring (bicyclic) bond motifs is 1. The van der Waals surface area contributed by atoms with Gasteiger partial charge in [-0.2, -0.15) is 0 Å². The predicted octanol–water partition coefficient (Wildman–Crippen LogP) is 5.52. The van der Waals surface area contributed by atoms with E-state index in [1.165, 1.54) is 5.69 Å². The topological polar surface area (TPSA) is 79.4 Å². The minimum Gasteiger partial charge on any atom is -0.497 e. The van der Waals surface area contributed by atoms with Gasteiger partial charge in [-0.1, -0.05) is 26.0 Å². The zero-order chi connectivity index (χ0) is 25.6. The molecular formula is C29H34N6O2. The van der Waals surface area contributed by atoms with E-state index < -0.39 is 0 Å². The molecule has 1 aliphatic rings. The number of nitrogens with zero attached hydrogens (tertiary/aromatic N) is 5. The van der Waals surface area contributed by atoms with Crippen LogP contribution in [0.1, 0.15) is 38.2 Å². The largest absolute Gasteiger partial charge is 0.497 e. The summed E-state index contributed by atoms with van der Waals surface area (Å²) in [5.41, 5.74) is 4.23. The average Bonchev–Trinajstić information content (AvgIpc) is 3.37. The van der Waals surface area contributed by atoms with Gasteiger partial charge in [0.25, 0.3) is 0 Å². The lowest BCUT2D eigenvalue weighted by Gasteiger charge is -2.35. The molecule has 192 valence electrons. The molecule has 8 nitrogen and oxygen atoms in total. The number of aromatic nitrogens is 4. The van der Waals surface area contributed by atoms with E-state index in [1.807, 2.05) is 60.9 Å². The highest BCUT2D eigenvalue weighted by molar-refractivity contribution is 5.63. The van der Waals surface area contributed by atoms with Gasteiger partial charge in [0.05, 0.1) is 19.5 Å². The Labute approximate surface area is 218 Å². The number of hydrogen-bond acceptors (Lipinski definition) is 7. The Hall–Kier alpha value is -3.91. The van der Waals surface area contributed by atoms with Gasteiger partial charge in [-0.3, -0.25) is 4.90 Å². The van der Waals surface area contributed by atoms with Crippen LogP contribution in [-0.4, -0.2) is 51.7 Å². The lowest BCUT2D eigenvalue weighted by atomic mass is 10.1. The van der Waals surface area contributed by atoms with E-state index in [0.717, 1.165) is 79.0 Å². The maximum atomic E-state index is 5.94. The summed E-state index contributed by atoms with van der Waals surface area (Å²) < 4.78 is 11.2. The van der Waals surface area contributed by atoms with Crippen LogP contribution in [0.3, 0.4) is 0 Å². The molecular weight excluding hydrogens is 464 g/mol. The molecule has 0 fully saturated rings. The van der Waals surface area contributed by atoms with Crippen LogP contribution < -0.4 is 14.4 Å². The van der Waals surface area contributed by atoms with Crippen molar-refractivity contribution in [3.8, 4) is 34.0 Å².